The van der Waals surface area contributed by atoms with Crippen molar-refractivity contribution in [3.05, 3.63) is 59.2 Å². The van der Waals surface area contributed by atoms with Crippen LogP contribution >= 0.6 is 0 Å². The van der Waals surface area contributed by atoms with Gasteiger partial charge in [0.1, 0.15) is 0 Å². The highest BCUT2D eigenvalue weighted by Crippen LogP contribution is 2.33. The average Bonchev–Trinajstić information content (AvgIpc) is 2.58. The van der Waals surface area contributed by atoms with E-state index in [0.29, 0.717) is 0 Å². The van der Waals surface area contributed by atoms with Gasteiger partial charge >= 0.3 is 0 Å². The van der Waals surface area contributed by atoms with Gasteiger partial charge in [-0.1, -0.05) is 74.7 Å². The summed E-state index contributed by atoms with van der Waals surface area (Å²) in [6.45, 7) is 6.79. The maximum atomic E-state index is 2.48. The Morgan fingerprint density at radius 1 is 0.652 bits per heavy atom. The molecule has 0 aliphatic carbocycles. The second kappa shape index (κ2) is 7.17. The normalized spacial score (nSPS) is 11.4. The first-order valence-electron chi connectivity index (χ1n) is 9.18. The summed E-state index contributed by atoms with van der Waals surface area (Å²) in [7, 11) is 0. The molecule has 0 aromatic heterocycles. The number of unbranched alkanes of at least 4 members (excludes halogenated alkanes) is 2. The molecule has 0 amide bonds. The van der Waals surface area contributed by atoms with E-state index in [9.17, 15) is 0 Å². The van der Waals surface area contributed by atoms with Gasteiger partial charge < -0.3 is 0 Å². The quantitative estimate of drug-likeness (QED) is 0.431. The van der Waals surface area contributed by atoms with Crippen molar-refractivity contribution in [3.8, 4) is 0 Å². The molecule has 0 aliphatic rings. The third kappa shape index (κ3) is 3.27. The van der Waals surface area contributed by atoms with E-state index in [0.717, 1.165) is 0 Å². The van der Waals surface area contributed by atoms with Gasteiger partial charge in [0.2, 0.25) is 0 Å². The Morgan fingerprint density at radius 3 is 1.91 bits per heavy atom. The number of aryl methyl sites for hydroxylation is 3. The van der Waals surface area contributed by atoms with Crippen LogP contribution in [0.15, 0.2) is 42.5 Å². The minimum atomic E-state index is 1.19. The van der Waals surface area contributed by atoms with Gasteiger partial charge in [-0.3, -0.25) is 0 Å². The molecule has 0 saturated carbocycles. The molecule has 23 heavy (non-hydrogen) atoms. The highest BCUT2D eigenvalue weighted by Gasteiger charge is 2.10. The molecule has 0 N–H and O–H groups in total. The molecule has 0 unspecified atom stereocenters. The second-order valence-electron chi connectivity index (χ2n) is 6.81. The Balaban J connectivity index is 2.28. The zero-order valence-corrected chi connectivity index (χ0v) is 14.8. The van der Waals surface area contributed by atoms with E-state index in [2.05, 4.69) is 63.2 Å². The first kappa shape index (κ1) is 16.1. The molecule has 120 valence electrons. The van der Waals surface area contributed by atoms with E-state index >= 15 is 0 Å². The van der Waals surface area contributed by atoms with Crippen LogP contribution < -0.4 is 0 Å². The van der Waals surface area contributed by atoms with Crippen LogP contribution in [0.2, 0.25) is 0 Å². The fraction of sp³-hybridized carbons (Fsp3) is 0.391. The van der Waals surface area contributed by atoms with Gasteiger partial charge in [-0.15, -0.1) is 0 Å². The van der Waals surface area contributed by atoms with Gasteiger partial charge in [0.15, 0.2) is 0 Å². The van der Waals surface area contributed by atoms with Crippen molar-refractivity contribution in [1.29, 1.82) is 0 Å². The highest BCUT2D eigenvalue weighted by atomic mass is 14.1. The molecule has 3 rings (SSSR count). The van der Waals surface area contributed by atoms with Crippen molar-refractivity contribution in [2.24, 2.45) is 0 Å². The van der Waals surface area contributed by atoms with Gasteiger partial charge in [-0.2, -0.15) is 0 Å². The van der Waals surface area contributed by atoms with Crippen LogP contribution in [-0.4, -0.2) is 0 Å². The van der Waals surface area contributed by atoms with Gasteiger partial charge in [0.25, 0.3) is 0 Å². The topological polar surface area (TPSA) is 0 Å². The summed E-state index contributed by atoms with van der Waals surface area (Å²) in [6.07, 6.45) is 7.43. The summed E-state index contributed by atoms with van der Waals surface area (Å²) in [6, 6.07) is 16.2. The first-order chi connectivity index (χ1) is 11.2. The molecule has 0 nitrogen and oxygen atoms in total. The molecule has 0 aliphatic heterocycles. The number of fused-ring (bicyclic) bond motifs is 3. The van der Waals surface area contributed by atoms with E-state index in [1.54, 1.807) is 0 Å². The van der Waals surface area contributed by atoms with Crippen molar-refractivity contribution < 1.29 is 0 Å². The summed E-state index contributed by atoms with van der Waals surface area (Å²) in [5, 5.41) is 5.79. The second-order valence-corrected chi connectivity index (χ2v) is 6.81. The predicted molar refractivity (Wildman–Crippen MR) is 103 cm³/mol. The first-order valence-corrected chi connectivity index (χ1v) is 9.18. The lowest BCUT2D eigenvalue weighted by atomic mass is 9.90. The van der Waals surface area contributed by atoms with Gasteiger partial charge in [-0.25, -0.2) is 0 Å². The number of hydrogen-bond acceptors (Lipinski definition) is 0. The van der Waals surface area contributed by atoms with Crippen molar-refractivity contribution in [2.45, 2.75) is 59.3 Å². The van der Waals surface area contributed by atoms with Crippen LogP contribution in [0, 0.1) is 6.92 Å². The fourth-order valence-corrected chi connectivity index (χ4v) is 3.66. The van der Waals surface area contributed by atoms with Crippen molar-refractivity contribution in [1.82, 2.24) is 0 Å². The van der Waals surface area contributed by atoms with Crippen LogP contribution in [0.4, 0.5) is 0 Å². The highest BCUT2D eigenvalue weighted by molar-refractivity contribution is 6.10. The molecule has 0 radical (unpaired) electrons. The molecule has 3 aromatic rings. The SMILES string of the molecule is CCCCc1cc2c(CCCC)cc(C)cc2c2ccccc12. The lowest BCUT2D eigenvalue weighted by molar-refractivity contribution is 0.795. The predicted octanol–water partition coefficient (Wildman–Crippen LogP) is 6.99. The third-order valence-electron chi connectivity index (χ3n) is 4.89. The molecular formula is C23H28. The maximum Gasteiger partial charge on any atom is -0.00998 e. The van der Waals surface area contributed by atoms with Gasteiger partial charge in [0.05, 0.1) is 0 Å². The number of benzene rings is 3. The molecular weight excluding hydrogens is 276 g/mol. The number of rotatable bonds is 6. The Bertz CT molecular complexity index is 811. The van der Waals surface area contributed by atoms with Crippen molar-refractivity contribution in [2.75, 3.05) is 0 Å². The number of hydrogen-bond donors (Lipinski definition) is 0. The van der Waals surface area contributed by atoms with Crippen molar-refractivity contribution >= 4 is 21.5 Å². The van der Waals surface area contributed by atoms with E-state index in [1.807, 2.05) is 0 Å². The molecule has 0 bridgehead atoms. The zero-order chi connectivity index (χ0) is 16.2. The molecule has 0 fully saturated rings. The summed E-state index contributed by atoms with van der Waals surface area (Å²) in [4.78, 5) is 0. The van der Waals surface area contributed by atoms with Crippen LogP contribution in [0.25, 0.3) is 21.5 Å². The molecule has 0 heterocycles. The Labute approximate surface area is 140 Å². The summed E-state index contributed by atoms with van der Waals surface area (Å²) in [5.74, 6) is 0. The molecule has 0 atom stereocenters. The van der Waals surface area contributed by atoms with E-state index in [1.165, 1.54) is 76.8 Å². The summed E-state index contributed by atoms with van der Waals surface area (Å²) in [5.41, 5.74) is 4.44. The molecule has 3 aromatic carbocycles. The van der Waals surface area contributed by atoms with E-state index in [-0.39, 0.29) is 0 Å². The molecule has 0 spiro atoms. The standard InChI is InChI=1S/C23H28/c1-4-6-10-18-14-17(3)15-23-21-13-9-8-12-20(21)19(11-7-5-2)16-22(18)23/h8-9,12-16H,4-7,10-11H2,1-3H3. The maximum absolute atomic E-state index is 2.48. The van der Waals surface area contributed by atoms with Crippen molar-refractivity contribution in [3.63, 3.8) is 0 Å². The zero-order valence-electron chi connectivity index (χ0n) is 14.8. The van der Waals surface area contributed by atoms with Crippen LogP contribution in [0.1, 0.15) is 56.2 Å². The van der Waals surface area contributed by atoms with Gasteiger partial charge in [-0.05, 0) is 65.3 Å². The Kier molecular flexibility index (Phi) is 5.00. The van der Waals surface area contributed by atoms with E-state index < -0.39 is 0 Å². The van der Waals surface area contributed by atoms with Gasteiger partial charge in [0, 0.05) is 0 Å². The average molecular weight is 304 g/mol. The third-order valence-corrected chi connectivity index (χ3v) is 4.89. The smallest absolute Gasteiger partial charge is 0.00998 e. The minimum absolute atomic E-state index is 1.19. The Hall–Kier alpha value is -1.82. The minimum Gasteiger partial charge on any atom is -0.0654 e. The van der Waals surface area contributed by atoms with Crippen LogP contribution in [0.5, 0.6) is 0 Å². The largest absolute Gasteiger partial charge is 0.0654 e. The fourth-order valence-electron chi connectivity index (χ4n) is 3.66. The molecule has 0 heteroatoms. The van der Waals surface area contributed by atoms with Crippen LogP contribution in [-0.2, 0) is 12.8 Å². The lowest BCUT2D eigenvalue weighted by Crippen LogP contribution is -1.94. The van der Waals surface area contributed by atoms with Crippen LogP contribution in [0.3, 0.4) is 0 Å². The Morgan fingerprint density at radius 2 is 1.26 bits per heavy atom. The molecule has 0 saturated heterocycles. The summed E-state index contributed by atoms with van der Waals surface area (Å²) >= 11 is 0. The summed E-state index contributed by atoms with van der Waals surface area (Å²) < 4.78 is 0. The monoisotopic (exact) mass is 304 g/mol. The van der Waals surface area contributed by atoms with E-state index in [4.69, 9.17) is 0 Å². The lowest BCUT2D eigenvalue weighted by Gasteiger charge is -2.14.